The lowest BCUT2D eigenvalue weighted by Gasteiger charge is -2.42. The molecule has 2 heteroatoms. The number of para-hydroxylation sites is 3. The van der Waals surface area contributed by atoms with Gasteiger partial charge in [0.15, 0.2) is 0 Å². The average molecular weight is 693 g/mol. The first kappa shape index (κ1) is 32.0. The second-order valence-corrected chi connectivity index (χ2v) is 14.9. The summed E-state index contributed by atoms with van der Waals surface area (Å²) in [5.41, 5.74) is 16.5. The summed E-state index contributed by atoms with van der Waals surface area (Å²) in [4.78, 5) is 4.87. The number of fused-ring (bicyclic) bond motifs is 5. The van der Waals surface area contributed by atoms with Crippen LogP contribution in [0.4, 0.5) is 34.1 Å². The molecule has 0 atom stereocenters. The minimum Gasteiger partial charge on any atom is -0.310 e. The largest absolute Gasteiger partial charge is 0.310 e. The molecule has 0 radical (unpaired) electrons. The zero-order valence-corrected chi connectivity index (χ0v) is 30.5. The predicted molar refractivity (Wildman–Crippen MR) is 225 cm³/mol. The number of benzene rings is 8. The van der Waals surface area contributed by atoms with Crippen LogP contribution >= 0.6 is 0 Å². The SMILES string of the molecule is CC1(C)c2ccccc2N(c2ccccc2)c2cc(N(c3ccccc3)c3ccc4c(c3)C(c3ccccc3)(c3ccccc3)c3ccccc3-4)ccc21. The number of hydrogen-bond donors (Lipinski definition) is 0. The Balaban J connectivity index is 1.22. The number of rotatable bonds is 6. The van der Waals surface area contributed by atoms with E-state index >= 15 is 0 Å². The standard InChI is InChI=1S/C52H40N2/c1-51(2)46-29-17-18-30-49(46)54(40-25-13-6-14-26-40)50-36-42(32-34-47(50)51)53(39-23-11-5-12-24-39)41-31-33-44-43-27-15-16-28-45(43)52(48(44)35-41,37-19-7-3-8-20-37)38-21-9-4-10-22-38/h3-36H,1-2H3. The van der Waals surface area contributed by atoms with Gasteiger partial charge in [0.2, 0.25) is 0 Å². The average Bonchev–Trinajstić information content (AvgIpc) is 3.53. The van der Waals surface area contributed by atoms with Crippen LogP contribution in [0.3, 0.4) is 0 Å². The number of nitrogens with zero attached hydrogens (tertiary/aromatic N) is 2. The Morgan fingerprint density at radius 3 is 1.56 bits per heavy atom. The van der Waals surface area contributed by atoms with Crippen molar-refractivity contribution in [2.24, 2.45) is 0 Å². The van der Waals surface area contributed by atoms with E-state index in [0.29, 0.717) is 0 Å². The molecule has 8 aromatic carbocycles. The van der Waals surface area contributed by atoms with Gasteiger partial charge in [-0.05, 0) is 99.1 Å². The molecule has 258 valence electrons. The van der Waals surface area contributed by atoms with Crippen LogP contribution in [-0.2, 0) is 10.8 Å². The molecule has 0 N–H and O–H groups in total. The zero-order valence-electron chi connectivity index (χ0n) is 30.5. The van der Waals surface area contributed by atoms with Gasteiger partial charge in [0, 0.05) is 28.2 Å². The highest BCUT2D eigenvalue weighted by Gasteiger charge is 2.46. The fourth-order valence-electron chi connectivity index (χ4n) is 9.30. The zero-order chi connectivity index (χ0) is 36.3. The maximum Gasteiger partial charge on any atom is 0.0714 e. The Hall–Kier alpha value is -6.64. The molecule has 0 bridgehead atoms. The highest BCUT2D eigenvalue weighted by molar-refractivity contribution is 5.92. The van der Waals surface area contributed by atoms with Crippen LogP contribution in [0.1, 0.15) is 47.2 Å². The molecule has 0 spiro atoms. The highest BCUT2D eigenvalue weighted by atomic mass is 15.2. The van der Waals surface area contributed by atoms with Gasteiger partial charge in [0.05, 0.1) is 16.8 Å². The smallest absolute Gasteiger partial charge is 0.0714 e. The lowest BCUT2D eigenvalue weighted by molar-refractivity contribution is 0.632. The van der Waals surface area contributed by atoms with Gasteiger partial charge in [-0.3, -0.25) is 0 Å². The minimum absolute atomic E-state index is 0.183. The lowest BCUT2D eigenvalue weighted by Crippen LogP contribution is -2.30. The summed E-state index contributed by atoms with van der Waals surface area (Å²) < 4.78 is 0. The van der Waals surface area contributed by atoms with Crippen molar-refractivity contribution in [3.8, 4) is 11.1 Å². The van der Waals surface area contributed by atoms with Gasteiger partial charge in [-0.2, -0.15) is 0 Å². The fourth-order valence-corrected chi connectivity index (χ4v) is 9.30. The lowest BCUT2D eigenvalue weighted by atomic mass is 9.67. The molecular weight excluding hydrogens is 653 g/mol. The topological polar surface area (TPSA) is 6.48 Å². The molecule has 8 aromatic rings. The van der Waals surface area contributed by atoms with Crippen molar-refractivity contribution in [3.63, 3.8) is 0 Å². The first-order valence-corrected chi connectivity index (χ1v) is 18.9. The van der Waals surface area contributed by atoms with Crippen molar-refractivity contribution in [3.05, 3.63) is 240 Å². The van der Waals surface area contributed by atoms with Gasteiger partial charge in [-0.1, -0.05) is 166 Å². The Labute approximate surface area is 318 Å². The van der Waals surface area contributed by atoms with Crippen LogP contribution < -0.4 is 9.80 Å². The third-order valence-electron chi connectivity index (χ3n) is 11.7. The highest BCUT2D eigenvalue weighted by Crippen LogP contribution is 2.58. The summed E-state index contributed by atoms with van der Waals surface area (Å²) in [6, 6.07) is 75.7. The maximum absolute atomic E-state index is 2.45. The molecule has 0 fully saturated rings. The molecule has 10 rings (SSSR count). The molecule has 1 heterocycles. The van der Waals surface area contributed by atoms with E-state index in [9.17, 15) is 0 Å². The normalized spacial score (nSPS) is 14.4. The molecule has 0 unspecified atom stereocenters. The molecule has 2 nitrogen and oxygen atoms in total. The van der Waals surface area contributed by atoms with Crippen LogP contribution in [0, 0.1) is 0 Å². The third kappa shape index (κ3) is 4.73. The summed E-state index contributed by atoms with van der Waals surface area (Å²) in [7, 11) is 0. The van der Waals surface area contributed by atoms with Crippen molar-refractivity contribution < 1.29 is 0 Å². The quantitative estimate of drug-likeness (QED) is 0.171. The molecule has 0 aromatic heterocycles. The molecule has 54 heavy (non-hydrogen) atoms. The van der Waals surface area contributed by atoms with E-state index in [1.54, 1.807) is 0 Å². The van der Waals surface area contributed by atoms with E-state index < -0.39 is 5.41 Å². The summed E-state index contributed by atoms with van der Waals surface area (Å²) in [5.74, 6) is 0. The van der Waals surface area contributed by atoms with Crippen molar-refractivity contribution in [2.45, 2.75) is 24.7 Å². The molecule has 2 aliphatic rings. The Bertz CT molecular complexity index is 2590. The first-order valence-electron chi connectivity index (χ1n) is 18.9. The molecule has 0 saturated heterocycles. The molecular formula is C52H40N2. The van der Waals surface area contributed by atoms with E-state index in [1.165, 1.54) is 55.9 Å². The molecule has 1 aliphatic carbocycles. The second-order valence-electron chi connectivity index (χ2n) is 14.9. The predicted octanol–water partition coefficient (Wildman–Crippen LogP) is 13.6. The van der Waals surface area contributed by atoms with Crippen LogP contribution in [-0.4, -0.2) is 0 Å². The first-order chi connectivity index (χ1) is 26.6. The summed E-state index contributed by atoms with van der Waals surface area (Å²) in [6.07, 6.45) is 0. The van der Waals surface area contributed by atoms with Gasteiger partial charge in [0.25, 0.3) is 0 Å². The Morgan fingerprint density at radius 1 is 0.370 bits per heavy atom. The van der Waals surface area contributed by atoms with Gasteiger partial charge in [0.1, 0.15) is 0 Å². The molecule has 1 aliphatic heterocycles. The summed E-state index contributed by atoms with van der Waals surface area (Å²) >= 11 is 0. The number of anilines is 6. The van der Waals surface area contributed by atoms with Gasteiger partial charge in [-0.25, -0.2) is 0 Å². The van der Waals surface area contributed by atoms with Crippen LogP contribution in [0.15, 0.2) is 206 Å². The van der Waals surface area contributed by atoms with Crippen LogP contribution in [0.25, 0.3) is 11.1 Å². The fraction of sp³-hybridized carbons (Fsp3) is 0.0769. The third-order valence-corrected chi connectivity index (χ3v) is 11.7. The minimum atomic E-state index is -0.486. The van der Waals surface area contributed by atoms with E-state index in [4.69, 9.17) is 0 Å². The van der Waals surface area contributed by atoms with Crippen molar-refractivity contribution >= 4 is 34.1 Å². The van der Waals surface area contributed by atoms with E-state index in [-0.39, 0.29) is 5.41 Å². The Morgan fingerprint density at radius 2 is 0.870 bits per heavy atom. The molecule has 0 amide bonds. The van der Waals surface area contributed by atoms with Crippen molar-refractivity contribution in [1.82, 2.24) is 0 Å². The molecule has 0 saturated carbocycles. The van der Waals surface area contributed by atoms with Gasteiger partial charge in [-0.15, -0.1) is 0 Å². The number of hydrogen-bond acceptors (Lipinski definition) is 2. The maximum atomic E-state index is 2.45. The van der Waals surface area contributed by atoms with E-state index in [2.05, 4.69) is 230 Å². The van der Waals surface area contributed by atoms with E-state index in [0.717, 1.165) is 22.7 Å². The van der Waals surface area contributed by atoms with Gasteiger partial charge < -0.3 is 9.80 Å². The van der Waals surface area contributed by atoms with Crippen molar-refractivity contribution in [1.29, 1.82) is 0 Å². The second kappa shape index (κ2) is 12.5. The van der Waals surface area contributed by atoms with Crippen LogP contribution in [0.2, 0.25) is 0 Å². The van der Waals surface area contributed by atoms with E-state index in [1.807, 2.05) is 0 Å². The Kier molecular flexibility index (Phi) is 7.42. The van der Waals surface area contributed by atoms with Crippen LogP contribution in [0.5, 0.6) is 0 Å². The van der Waals surface area contributed by atoms with Gasteiger partial charge >= 0.3 is 0 Å². The van der Waals surface area contributed by atoms with Crippen molar-refractivity contribution in [2.75, 3.05) is 9.80 Å². The summed E-state index contributed by atoms with van der Waals surface area (Å²) in [5, 5.41) is 0. The monoisotopic (exact) mass is 692 g/mol. The summed E-state index contributed by atoms with van der Waals surface area (Å²) in [6.45, 7) is 4.71.